The van der Waals surface area contributed by atoms with Gasteiger partial charge in [-0.1, -0.05) is 26.0 Å². The molecule has 0 bridgehead atoms. The van der Waals surface area contributed by atoms with Crippen molar-refractivity contribution in [2.24, 2.45) is 0 Å². The standard InChI is InChI=1S/C19H20F4O5S/c1-3-11(2)12-5-7-13(8-6-12)27-9-4-10-28-18-14(20)16(22)19(29(24,25)26)17(23)15(18)21/h5-8,11H,3-4,9-10H2,1-2H3,(H,24,25,26)/p-1. The third-order valence-electron chi connectivity index (χ3n) is 4.30. The first-order chi connectivity index (χ1) is 13.6. The maximum atomic E-state index is 13.8. The average molecular weight is 435 g/mol. The predicted molar refractivity (Wildman–Crippen MR) is 95.0 cm³/mol. The van der Waals surface area contributed by atoms with Crippen LogP contribution in [-0.2, 0) is 10.1 Å². The lowest BCUT2D eigenvalue weighted by molar-refractivity contribution is 0.226. The minimum absolute atomic E-state index is 0.0872. The lowest BCUT2D eigenvalue weighted by Gasteiger charge is -2.15. The van der Waals surface area contributed by atoms with E-state index in [4.69, 9.17) is 9.47 Å². The van der Waals surface area contributed by atoms with Crippen molar-refractivity contribution in [3.05, 3.63) is 53.1 Å². The van der Waals surface area contributed by atoms with Gasteiger partial charge in [0.2, 0.25) is 11.6 Å². The highest BCUT2D eigenvalue weighted by Gasteiger charge is 2.29. The van der Waals surface area contributed by atoms with E-state index in [9.17, 15) is 30.5 Å². The summed E-state index contributed by atoms with van der Waals surface area (Å²) >= 11 is 0. The van der Waals surface area contributed by atoms with Gasteiger partial charge in [0.1, 0.15) is 20.8 Å². The first kappa shape index (κ1) is 23.0. The maximum Gasteiger partial charge on any atom is 0.205 e. The molecule has 1 unspecified atom stereocenters. The molecule has 0 saturated heterocycles. The highest BCUT2D eigenvalue weighted by Crippen LogP contribution is 2.32. The molecule has 5 nitrogen and oxygen atoms in total. The van der Waals surface area contributed by atoms with Gasteiger partial charge in [0.25, 0.3) is 0 Å². The quantitative estimate of drug-likeness (QED) is 0.251. The maximum absolute atomic E-state index is 13.8. The monoisotopic (exact) mass is 435 g/mol. The van der Waals surface area contributed by atoms with Crippen LogP contribution >= 0.6 is 0 Å². The van der Waals surface area contributed by atoms with Crippen LogP contribution in [0.5, 0.6) is 11.5 Å². The van der Waals surface area contributed by atoms with Gasteiger partial charge in [0.15, 0.2) is 17.4 Å². The molecule has 0 aliphatic heterocycles. The van der Waals surface area contributed by atoms with Gasteiger partial charge in [0.05, 0.1) is 13.2 Å². The van der Waals surface area contributed by atoms with Gasteiger partial charge < -0.3 is 14.0 Å². The van der Waals surface area contributed by atoms with E-state index in [2.05, 4.69) is 13.8 Å². The fraction of sp³-hybridized carbons (Fsp3) is 0.368. The molecule has 0 radical (unpaired) electrons. The summed E-state index contributed by atoms with van der Waals surface area (Å²) in [6.45, 7) is 3.88. The number of rotatable bonds is 9. The van der Waals surface area contributed by atoms with Gasteiger partial charge in [-0.3, -0.25) is 0 Å². The van der Waals surface area contributed by atoms with Crippen LogP contribution in [0.1, 0.15) is 38.2 Å². The van der Waals surface area contributed by atoms with Crippen molar-refractivity contribution in [1.29, 1.82) is 0 Å². The minimum Gasteiger partial charge on any atom is -0.744 e. The Morgan fingerprint density at radius 1 is 0.931 bits per heavy atom. The molecule has 0 fully saturated rings. The second-order valence-corrected chi connectivity index (χ2v) is 7.61. The lowest BCUT2D eigenvalue weighted by atomic mass is 9.99. The largest absolute Gasteiger partial charge is 0.744 e. The Balaban J connectivity index is 1.96. The summed E-state index contributed by atoms with van der Waals surface area (Å²) < 4.78 is 97.3. The zero-order chi connectivity index (χ0) is 21.8. The summed E-state index contributed by atoms with van der Waals surface area (Å²) in [7, 11) is -5.75. The van der Waals surface area contributed by atoms with E-state index in [0.717, 1.165) is 12.0 Å². The Kier molecular flexibility index (Phi) is 7.48. The van der Waals surface area contributed by atoms with Crippen molar-refractivity contribution in [3.8, 4) is 11.5 Å². The second-order valence-electron chi connectivity index (χ2n) is 6.30. The molecule has 2 aromatic carbocycles. The van der Waals surface area contributed by atoms with Crippen molar-refractivity contribution in [2.75, 3.05) is 13.2 Å². The van der Waals surface area contributed by atoms with Gasteiger partial charge >= 0.3 is 0 Å². The van der Waals surface area contributed by atoms with Crippen LogP contribution in [0.25, 0.3) is 0 Å². The van der Waals surface area contributed by atoms with E-state index in [0.29, 0.717) is 11.7 Å². The Bertz CT molecular complexity index is 933. The van der Waals surface area contributed by atoms with Crippen LogP contribution in [0.3, 0.4) is 0 Å². The van der Waals surface area contributed by atoms with E-state index in [1.807, 2.05) is 12.1 Å². The molecule has 160 valence electrons. The zero-order valence-electron chi connectivity index (χ0n) is 15.7. The Labute approximate surface area is 166 Å². The van der Waals surface area contributed by atoms with Crippen molar-refractivity contribution in [3.63, 3.8) is 0 Å². The molecule has 0 heterocycles. The topological polar surface area (TPSA) is 75.7 Å². The molecule has 0 aliphatic rings. The number of hydrogen-bond acceptors (Lipinski definition) is 5. The van der Waals surface area contributed by atoms with E-state index in [1.165, 1.54) is 0 Å². The van der Waals surface area contributed by atoms with Crippen molar-refractivity contribution >= 4 is 10.1 Å². The summed E-state index contributed by atoms with van der Waals surface area (Å²) in [6.07, 6.45) is 1.10. The zero-order valence-corrected chi connectivity index (χ0v) is 16.5. The average Bonchev–Trinajstić information content (AvgIpc) is 2.67. The van der Waals surface area contributed by atoms with E-state index < -0.39 is 44.0 Å². The van der Waals surface area contributed by atoms with Gasteiger partial charge in [-0.25, -0.2) is 17.2 Å². The summed E-state index contributed by atoms with van der Waals surface area (Å²) in [5.41, 5.74) is 1.15. The third-order valence-corrected chi connectivity index (χ3v) is 5.16. The van der Waals surface area contributed by atoms with Crippen molar-refractivity contribution < 1.29 is 40.0 Å². The first-order valence-corrected chi connectivity index (χ1v) is 10.2. The molecule has 2 aromatic rings. The third kappa shape index (κ3) is 5.39. The summed E-state index contributed by atoms with van der Waals surface area (Å²) in [6, 6.07) is 7.38. The molecule has 0 N–H and O–H groups in total. The molecule has 0 amide bonds. The Morgan fingerprint density at radius 2 is 1.45 bits per heavy atom. The van der Waals surface area contributed by atoms with Crippen LogP contribution in [0.4, 0.5) is 17.6 Å². The predicted octanol–water partition coefficient (Wildman–Crippen LogP) is 4.51. The van der Waals surface area contributed by atoms with E-state index in [-0.39, 0.29) is 19.6 Å². The number of ether oxygens (including phenoxy) is 2. The van der Waals surface area contributed by atoms with Crippen LogP contribution in [0.2, 0.25) is 0 Å². The minimum atomic E-state index is -5.75. The molecule has 1 atom stereocenters. The van der Waals surface area contributed by atoms with E-state index in [1.54, 1.807) is 12.1 Å². The summed E-state index contributed by atoms with van der Waals surface area (Å²) in [4.78, 5) is -2.22. The van der Waals surface area contributed by atoms with Gasteiger partial charge in [-0.05, 0) is 30.0 Å². The number of hydrogen-bond donors (Lipinski definition) is 0. The summed E-state index contributed by atoms with van der Waals surface area (Å²) in [5.74, 6) is -9.31. The molecular formula is C19H19F4O5S-. The second kappa shape index (κ2) is 9.45. The fourth-order valence-corrected chi connectivity index (χ4v) is 3.11. The molecular weight excluding hydrogens is 416 g/mol. The molecule has 0 spiro atoms. The van der Waals surface area contributed by atoms with Crippen LogP contribution in [-0.4, -0.2) is 26.2 Å². The normalized spacial score (nSPS) is 12.7. The summed E-state index contributed by atoms with van der Waals surface area (Å²) in [5, 5.41) is 0. The number of benzene rings is 2. The van der Waals surface area contributed by atoms with Gasteiger partial charge in [-0.2, -0.15) is 8.78 Å². The van der Waals surface area contributed by atoms with E-state index >= 15 is 0 Å². The van der Waals surface area contributed by atoms with Crippen molar-refractivity contribution in [1.82, 2.24) is 0 Å². The van der Waals surface area contributed by atoms with Gasteiger partial charge in [0, 0.05) is 6.42 Å². The van der Waals surface area contributed by atoms with Crippen LogP contribution in [0.15, 0.2) is 29.2 Å². The van der Waals surface area contributed by atoms with Crippen molar-refractivity contribution in [2.45, 2.75) is 37.5 Å². The molecule has 0 saturated carbocycles. The smallest absolute Gasteiger partial charge is 0.205 e. The lowest BCUT2D eigenvalue weighted by Crippen LogP contribution is -2.13. The Hall–Kier alpha value is -2.33. The number of halogens is 4. The highest BCUT2D eigenvalue weighted by atomic mass is 32.2. The molecule has 29 heavy (non-hydrogen) atoms. The highest BCUT2D eigenvalue weighted by molar-refractivity contribution is 7.85. The van der Waals surface area contributed by atoms with Gasteiger partial charge in [-0.15, -0.1) is 0 Å². The Morgan fingerprint density at radius 3 is 1.93 bits per heavy atom. The molecule has 0 aliphatic carbocycles. The SMILES string of the molecule is CCC(C)c1ccc(OCCCOc2c(F)c(F)c(S(=O)(=O)[O-])c(F)c2F)cc1. The first-order valence-electron chi connectivity index (χ1n) is 8.75. The van der Waals surface area contributed by atoms with Crippen LogP contribution < -0.4 is 9.47 Å². The fourth-order valence-electron chi connectivity index (χ4n) is 2.49. The molecule has 2 rings (SSSR count). The van der Waals surface area contributed by atoms with Crippen LogP contribution in [0, 0.1) is 23.3 Å². The molecule has 10 heteroatoms. The molecule has 0 aromatic heterocycles.